The molecule has 2 heterocycles. The molecule has 2 rings (SSSR count). The molecule has 1 aliphatic rings. The number of aromatic nitrogens is 2. The number of hydroxylamine groups is 1. The molecule has 0 unspecified atom stereocenters. The minimum absolute atomic E-state index is 0.383. The van der Waals surface area contributed by atoms with Crippen LogP contribution in [0.4, 0.5) is 22.0 Å². The third-order valence-corrected chi connectivity index (χ3v) is 4.90. The summed E-state index contributed by atoms with van der Waals surface area (Å²) in [6.07, 6.45) is -4.01. The molecule has 6 nitrogen and oxygen atoms in total. The maximum absolute atomic E-state index is 13.0. The van der Waals surface area contributed by atoms with Gasteiger partial charge in [0.15, 0.2) is 20.6 Å². The van der Waals surface area contributed by atoms with Crippen LogP contribution in [0, 0.1) is 0 Å². The summed E-state index contributed by atoms with van der Waals surface area (Å²) in [6.45, 7) is -0.446. The topological polar surface area (TPSA) is 73.2 Å². The van der Waals surface area contributed by atoms with Crippen molar-refractivity contribution in [2.75, 3.05) is 0 Å². The average molecular weight is 396 g/mol. The summed E-state index contributed by atoms with van der Waals surface area (Å²) in [5.41, 5.74) is -1.76. The molecule has 1 aromatic heterocycles. The second-order valence-corrected chi connectivity index (χ2v) is 7.73. The summed E-state index contributed by atoms with van der Waals surface area (Å²) >= 11 is 5.48. The number of hydrogen-bond donors (Lipinski definition) is 1. The molecule has 0 spiro atoms. The highest BCUT2D eigenvalue weighted by molar-refractivity contribution is 7.94. The average Bonchev–Trinajstić information content (AvgIpc) is 2.90. The van der Waals surface area contributed by atoms with Gasteiger partial charge in [-0.1, -0.05) is 11.6 Å². The van der Waals surface area contributed by atoms with Gasteiger partial charge in [0.25, 0.3) is 0 Å². The van der Waals surface area contributed by atoms with Crippen molar-refractivity contribution in [1.29, 1.82) is 0 Å². The van der Waals surface area contributed by atoms with E-state index in [-0.39, 0.29) is 4.68 Å². The molecule has 13 heteroatoms. The Morgan fingerprint density at radius 3 is 2.42 bits per heavy atom. The first-order valence-electron chi connectivity index (χ1n) is 6.26. The minimum Gasteiger partial charge on any atom is -0.265 e. The molecule has 0 saturated carbocycles. The Morgan fingerprint density at radius 1 is 1.42 bits per heavy atom. The van der Waals surface area contributed by atoms with Gasteiger partial charge in [-0.05, 0) is 19.9 Å². The maximum atomic E-state index is 13.0. The van der Waals surface area contributed by atoms with Gasteiger partial charge in [0.05, 0.1) is 5.75 Å². The van der Waals surface area contributed by atoms with Crippen molar-refractivity contribution < 1.29 is 35.2 Å². The highest BCUT2D eigenvalue weighted by Crippen LogP contribution is 2.38. The summed E-state index contributed by atoms with van der Waals surface area (Å²) in [5, 5.41) is 1.11. The number of alkyl halides is 5. The van der Waals surface area contributed by atoms with Gasteiger partial charge in [0.2, 0.25) is 0 Å². The third kappa shape index (κ3) is 3.64. The quantitative estimate of drug-likeness (QED) is 0.793. The van der Waals surface area contributed by atoms with Crippen molar-refractivity contribution in [3.63, 3.8) is 0 Å². The highest BCUT2D eigenvalue weighted by Gasteiger charge is 2.42. The Kier molecular flexibility index (Phi) is 4.61. The van der Waals surface area contributed by atoms with Crippen LogP contribution in [0.25, 0.3) is 0 Å². The van der Waals surface area contributed by atoms with Crippen LogP contribution in [0.5, 0.6) is 0 Å². The zero-order chi connectivity index (χ0) is 18.5. The van der Waals surface area contributed by atoms with Gasteiger partial charge in [-0.3, -0.25) is 10.3 Å². The summed E-state index contributed by atoms with van der Waals surface area (Å²) in [4.78, 5) is 4.93. The number of rotatable bonds is 4. The molecule has 0 aliphatic carbocycles. The summed E-state index contributed by atoms with van der Waals surface area (Å²) in [6, 6.07) is 0. The minimum atomic E-state index is -5.15. The second kappa shape index (κ2) is 5.85. The lowest BCUT2D eigenvalue weighted by Gasteiger charge is -2.11. The van der Waals surface area contributed by atoms with Crippen molar-refractivity contribution in [2.45, 2.75) is 37.9 Å². The normalized spacial score (nSPS) is 18.0. The SMILES string of the molecule is CC1(C)C=C(S(=O)(=O)Cc2c(C(F)(F)F)nn(C(F)F)c2Cl)NO1. The predicted molar refractivity (Wildman–Crippen MR) is 72.5 cm³/mol. The number of halogens is 6. The lowest BCUT2D eigenvalue weighted by Crippen LogP contribution is -2.22. The molecule has 24 heavy (non-hydrogen) atoms. The number of nitrogens with zero attached hydrogens (tertiary/aromatic N) is 2. The predicted octanol–water partition coefficient (Wildman–Crippen LogP) is 3.02. The van der Waals surface area contributed by atoms with Crippen LogP contribution in [0.3, 0.4) is 0 Å². The third-order valence-electron chi connectivity index (χ3n) is 2.96. The largest absolute Gasteiger partial charge is 0.435 e. The lowest BCUT2D eigenvalue weighted by atomic mass is 10.1. The van der Waals surface area contributed by atoms with E-state index in [0.717, 1.165) is 6.08 Å². The van der Waals surface area contributed by atoms with E-state index in [4.69, 9.17) is 16.4 Å². The molecule has 1 aliphatic heterocycles. The van der Waals surface area contributed by atoms with E-state index in [1.807, 2.05) is 0 Å². The van der Waals surface area contributed by atoms with E-state index in [1.54, 1.807) is 0 Å². The monoisotopic (exact) mass is 395 g/mol. The number of nitrogens with one attached hydrogen (secondary N) is 1. The van der Waals surface area contributed by atoms with Gasteiger partial charge >= 0.3 is 12.7 Å². The van der Waals surface area contributed by atoms with Crippen molar-refractivity contribution in [1.82, 2.24) is 15.3 Å². The molecule has 0 amide bonds. The maximum Gasteiger partial charge on any atom is 0.435 e. The van der Waals surface area contributed by atoms with Gasteiger partial charge in [-0.25, -0.2) is 8.42 Å². The zero-order valence-corrected chi connectivity index (χ0v) is 13.7. The molecule has 0 bridgehead atoms. The fourth-order valence-electron chi connectivity index (χ4n) is 1.91. The van der Waals surface area contributed by atoms with Crippen LogP contribution in [-0.4, -0.2) is 23.8 Å². The Morgan fingerprint density at radius 2 is 2.00 bits per heavy atom. The van der Waals surface area contributed by atoms with E-state index in [2.05, 4.69) is 10.6 Å². The molecule has 1 N–H and O–H groups in total. The first-order valence-corrected chi connectivity index (χ1v) is 8.29. The highest BCUT2D eigenvalue weighted by atomic mass is 35.5. The molecule has 1 aromatic rings. The van der Waals surface area contributed by atoms with Crippen molar-refractivity contribution in [3.05, 3.63) is 27.5 Å². The Labute approximate surface area is 138 Å². The van der Waals surface area contributed by atoms with E-state index >= 15 is 0 Å². The van der Waals surface area contributed by atoms with Crippen LogP contribution in [0.15, 0.2) is 11.1 Å². The van der Waals surface area contributed by atoms with Crippen LogP contribution in [-0.2, 0) is 26.6 Å². The van der Waals surface area contributed by atoms with Crippen molar-refractivity contribution >= 4 is 21.4 Å². The van der Waals surface area contributed by atoms with E-state index in [1.165, 1.54) is 13.8 Å². The van der Waals surface area contributed by atoms with Crippen LogP contribution in [0.1, 0.15) is 31.7 Å². The van der Waals surface area contributed by atoms with Crippen LogP contribution < -0.4 is 5.48 Å². The first-order chi connectivity index (χ1) is 10.7. The van der Waals surface area contributed by atoms with Gasteiger partial charge in [-0.2, -0.15) is 31.7 Å². The second-order valence-electron chi connectivity index (χ2n) is 5.41. The smallest absolute Gasteiger partial charge is 0.265 e. The molecule has 0 aromatic carbocycles. The van der Waals surface area contributed by atoms with E-state index < -0.39 is 55.4 Å². The summed E-state index contributed by atoms with van der Waals surface area (Å²) in [7, 11) is -4.36. The summed E-state index contributed by atoms with van der Waals surface area (Å²) < 4.78 is 88.4. The van der Waals surface area contributed by atoms with Crippen molar-refractivity contribution in [3.8, 4) is 0 Å². The van der Waals surface area contributed by atoms with Crippen LogP contribution >= 0.6 is 11.6 Å². The molecule has 136 valence electrons. The van der Waals surface area contributed by atoms with Gasteiger partial charge < -0.3 is 0 Å². The molecule has 0 saturated heterocycles. The van der Waals surface area contributed by atoms with Gasteiger partial charge in [-0.15, -0.1) is 0 Å². The van der Waals surface area contributed by atoms with Gasteiger partial charge in [0, 0.05) is 5.56 Å². The van der Waals surface area contributed by atoms with Crippen LogP contribution in [0.2, 0.25) is 5.15 Å². The molecule has 0 radical (unpaired) electrons. The Bertz CT molecular complexity index is 786. The molecule has 0 atom stereocenters. The first kappa shape index (κ1) is 18.9. The number of sulfone groups is 1. The molecular formula is C11H11ClF5N3O3S. The lowest BCUT2D eigenvalue weighted by molar-refractivity contribution is -0.142. The molecule has 0 fully saturated rings. The standard InChI is InChI=1S/C11H11ClF5N3O3S/c1-10(2)3-6(19-23-10)24(21,22)4-5-7(11(15,16)17)18-20(8(5)12)9(13)14/h3,9,19H,4H2,1-2H3. The fourth-order valence-corrected chi connectivity index (χ4v) is 3.70. The Hall–Kier alpha value is -1.40. The van der Waals surface area contributed by atoms with Crippen molar-refractivity contribution in [2.24, 2.45) is 0 Å². The zero-order valence-electron chi connectivity index (χ0n) is 12.2. The Balaban J connectivity index is 2.50. The number of hydrogen-bond acceptors (Lipinski definition) is 5. The van der Waals surface area contributed by atoms with E-state index in [0.29, 0.717) is 0 Å². The summed E-state index contributed by atoms with van der Waals surface area (Å²) in [5.74, 6) is -1.27. The fraction of sp³-hybridized carbons (Fsp3) is 0.545. The van der Waals surface area contributed by atoms with E-state index in [9.17, 15) is 30.4 Å². The molecular weight excluding hydrogens is 385 g/mol. The van der Waals surface area contributed by atoms with Gasteiger partial charge in [0.1, 0.15) is 10.8 Å².